The lowest BCUT2D eigenvalue weighted by atomic mass is 10.2. The van der Waals surface area contributed by atoms with Crippen LogP contribution in [0, 0.1) is 0 Å². The molecule has 8 nitrogen and oxygen atoms in total. The standard InChI is InChI=1S/C11H17N3O5/c1-18-5-6-3-14(11(17)13-10(6)12)9-2-7(16)8(4-15)19-9/h3,7-9,15-16H,2,4-5H2,1H3,(H2,12,13,17)/t7?,8-,9-/m1/s1. The topological polar surface area (TPSA) is 120 Å². The molecule has 0 bridgehead atoms. The lowest BCUT2D eigenvalue weighted by Gasteiger charge is -2.16. The van der Waals surface area contributed by atoms with E-state index in [1.807, 2.05) is 0 Å². The number of aliphatic hydroxyl groups excluding tert-OH is 2. The zero-order valence-electron chi connectivity index (χ0n) is 10.5. The molecule has 4 N–H and O–H groups in total. The summed E-state index contributed by atoms with van der Waals surface area (Å²) in [7, 11) is 1.51. The first-order valence-corrected chi connectivity index (χ1v) is 5.87. The Morgan fingerprint density at radius 3 is 3.00 bits per heavy atom. The van der Waals surface area contributed by atoms with Crippen molar-refractivity contribution in [2.24, 2.45) is 0 Å². The Balaban J connectivity index is 2.30. The molecule has 1 saturated heterocycles. The molecule has 1 aliphatic heterocycles. The number of anilines is 1. The molecule has 0 aliphatic carbocycles. The van der Waals surface area contributed by atoms with Gasteiger partial charge in [0, 0.05) is 25.3 Å². The molecule has 0 saturated carbocycles. The Morgan fingerprint density at radius 1 is 1.68 bits per heavy atom. The first-order chi connectivity index (χ1) is 9.06. The fourth-order valence-electron chi connectivity index (χ4n) is 2.05. The van der Waals surface area contributed by atoms with Crippen molar-refractivity contribution in [3.63, 3.8) is 0 Å². The summed E-state index contributed by atoms with van der Waals surface area (Å²) in [6.07, 6.45) is -0.455. The molecule has 3 atom stereocenters. The highest BCUT2D eigenvalue weighted by Gasteiger charge is 2.35. The van der Waals surface area contributed by atoms with Gasteiger partial charge in [0.2, 0.25) is 0 Å². The minimum atomic E-state index is -0.815. The first kappa shape index (κ1) is 13.9. The Kier molecular flexibility index (Phi) is 4.15. The number of hydrogen-bond acceptors (Lipinski definition) is 7. The van der Waals surface area contributed by atoms with Gasteiger partial charge in [0.05, 0.1) is 19.3 Å². The lowest BCUT2D eigenvalue weighted by molar-refractivity contribution is -0.0460. The molecule has 0 amide bonds. The van der Waals surface area contributed by atoms with Crippen LogP contribution in [-0.2, 0) is 16.1 Å². The van der Waals surface area contributed by atoms with Crippen LogP contribution >= 0.6 is 0 Å². The number of nitrogens with zero attached hydrogens (tertiary/aromatic N) is 2. The maximum Gasteiger partial charge on any atom is 0.351 e. The molecule has 8 heteroatoms. The van der Waals surface area contributed by atoms with Crippen molar-refractivity contribution < 1.29 is 19.7 Å². The fourth-order valence-corrected chi connectivity index (χ4v) is 2.05. The average molecular weight is 271 g/mol. The maximum atomic E-state index is 11.8. The van der Waals surface area contributed by atoms with E-state index in [1.165, 1.54) is 17.9 Å². The van der Waals surface area contributed by atoms with Crippen LogP contribution in [0.15, 0.2) is 11.0 Å². The second-order valence-electron chi connectivity index (χ2n) is 4.39. The molecule has 1 aromatic rings. The molecule has 0 aromatic carbocycles. The normalized spacial score (nSPS) is 26.8. The van der Waals surface area contributed by atoms with Crippen molar-refractivity contribution in [3.05, 3.63) is 22.2 Å². The van der Waals surface area contributed by atoms with Crippen molar-refractivity contribution >= 4 is 5.82 Å². The van der Waals surface area contributed by atoms with Crippen LogP contribution in [0.5, 0.6) is 0 Å². The van der Waals surface area contributed by atoms with Crippen molar-refractivity contribution in [1.29, 1.82) is 0 Å². The second-order valence-corrected chi connectivity index (χ2v) is 4.39. The number of hydrogen-bond donors (Lipinski definition) is 3. The minimum absolute atomic E-state index is 0.111. The molecular weight excluding hydrogens is 254 g/mol. The molecule has 1 unspecified atom stereocenters. The second kappa shape index (κ2) is 5.66. The molecule has 0 spiro atoms. The summed E-state index contributed by atoms with van der Waals surface area (Å²) in [5, 5.41) is 18.7. The number of nitrogen functional groups attached to an aromatic ring is 1. The maximum absolute atomic E-state index is 11.8. The number of nitrogens with two attached hydrogens (primary N) is 1. The van der Waals surface area contributed by atoms with Gasteiger partial charge in [-0.2, -0.15) is 4.98 Å². The smallest absolute Gasteiger partial charge is 0.351 e. The molecule has 2 rings (SSSR count). The Bertz CT molecular complexity index is 504. The van der Waals surface area contributed by atoms with Gasteiger partial charge in [0.25, 0.3) is 0 Å². The fraction of sp³-hybridized carbons (Fsp3) is 0.636. The van der Waals surface area contributed by atoms with Gasteiger partial charge < -0.3 is 25.4 Å². The van der Waals surface area contributed by atoms with E-state index < -0.39 is 24.1 Å². The van der Waals surface area contributed by atoms with Crippen LogP contribution in [0.2, 0.25) is 0 Å². The quantitative estimate of drug-likeness (QED) is 0.616. The van der Waals surface area contributed by atoms with Gasteiger partial charge in [0.15, 0.2) is 0 Å². The molecule has 1 aromatic heterocycles. The summed E-state index contributed by atoms with van der Waals surface area (Å²) in [5.74, 6) is 0.111. The van der Waals surface area contributed by atoms with E-state index in [2.05, 4.69) is 4.98 Å². The van der Waals surface area contributed by atoms with Crippen LogP contribution in [0.25, 0.3) is 0 Å². The Morgan fingerprint density at radius 2 is 2.42 bits per heavy atom. The van der Waals surface area contributed by atoms with Crippen LogP contribution in [0.4, 0.5) is 5.82 Å². The van der Waals surface area contributed by atoms with E-state index in [0.717, 1.165) is 0 Å². The lowest BCUT2D eigenvalue weighted by Crippen LogP contribution is -2.29. The molecule has 1 fully saturated rings. The van der Waals surface area contributed by atoms with Crippen LogP contribution in [-0.4, -0.2) is 45.7 Å². The average Bonchev–Trinajstić information content (AvgIpc) is 2.74. The molecule has 0 radical (unpaired) electrons. The van der Waals surface area contributed by atoms with Crippen LogP contribution < -0.4 is 11.4 Å². The van der Waals surface area contributed by atoms with E-state index in [-0.39, 0.29) is 25.5 Å². The van der Waals surface area contributed by atoms with E-state index in [1.54, 1.807) is 0 Å². The minimum Gasteiger partial charge on any atom is -0.394 e. The van der Waals surface area contributed by atoms with Crippen molar-refractivity contribution in [3.8, 4) is 0 Å². The Labute approximate surface area is 109 Å². The van der Waals surface area contributed by atoms with Gasteiger partial charge >= 0.3 is 5.69 Å². The predicted octanol–water partition coefficient (Wildman–Crippen LogP) is -1.39. The van der Waals surface area contributed by atoms with Crippen molar-refractivity contribution in [2.45, 2.75) is 31.5 Å². The number of ether oxygens (including phenoxy) is 2. The van der Waals surface area contributed by atoms with Gasteiger partial charge in [-0.25, -0.2) is 4.79 Å². The highest BCUT2D eigenvalue weighted by molar-refractivity contribution is 5.36. The van der Waals surface area contributed by atoms with Crippen LogP contribution in [0.3, 0.4) is 0 Å². The van der Waals surface area contributed by atoms with Gasteiger partial charge in [0.1, 0.15) is 18.1 Å². The summed E-state index contributed by atoms with van der Waals surface area (Å²) >= 11 is 0. The van der Waals surface area contributed by atoms with E-state index in [0.29, 0.717) is 5.56 Å². The highest BCUT2D eigenvalue weighted by Crippen LogP contribution is 2.27. The number of aromatic nitrogens is 2. The van der Waals surface area contributed by atoms with Gasteiger partial charge in [-0.15, -0.1) is 0 Å². The molecule has 106 valence electrons. The summed E-state index contributed by atoms with van der Waals surface area (Å²) in [6, 6.07) is 0. The molecule has 2 heterocycles. The molecule has 19 heavy (non-hydrogen) atoms. The third kappa shape index (κ3) is 2.76. The van der Waals surface area contributed by atoms with Crippen molar-refractivity contribution in [2.75, 3.05) is 19.5 Å². The summed E-state index contributed by atoms with van der Waals surface area (Å²) in [5.41, 5.74) is 5.62. The molecular formula is C11H17N3O5. The zero-order chi connectivity index (χ0) is 14.0. The third-order valence-electron chi connectivity index (χ3n) is 3.06. The summed E-state index contributed by atoms with van der Waals surface area (Å²) < 4.78 is 11.6. The van der Waals surface area contributed by atoms with E-state index in [4.69, 9.17) is 20.3 Å². The summed E-state index contributed by atoms with van der Waals surface area (Å²) in [6.45, 7) is -0.0858. The summed E-state index contributed by atoms with van der Waals surface area (Å²) in [4.78, 5) is 15.5. The van der Waals surface area contributed by atoms with E-state index >= 15 is 0 Å². The molecule has 1 aliphatic rings. The largest absolute Gasteiger partial charge is 0.394 e. The predicted molar refractivity (Wildman–Crippen MR) is 65.2 cm³/mol. The first-order valence-electron chi connectivity index (χ1n) is 5.87. The van der Waals surface area contributed by atoms with Gasteiger partial charge in [-0.3, -0.25) is 4.57 Å². The van der Waals surface area contributed by atoms with Crippen molar-refractivity contribution in [1.82, 2.24) is 9.55 Å². The van der Waals surface area contributed by atoms with Gasteiger partial charge in [-0.05, 0) is 0 Å². The van der Waals surface area contributed by atoms with E-state index in [9.17, 15) is 9.90 Å². The van der Waals surface area contributed by atoms with Gasteiger partial charge in [-0.1, -0.05) is 0 Å². The highest BCUT2D eigenvalue weighted by atomic mass is 16.5. The number of methoxy groups -OCH3 is 1. The monoisotopic (exact) mass is 271 g/mol. The number of rotatable bonds is 4. The van der Waals surface area contributed by atoms with Crippen LogP contribution in [0.1, 0.15) is 18.2 Å². The Hall–Kier alpha value is -1.48. The third-order valence-corrected chi connectivity index (χ3v) is 3.06. The number of aliphatic hydroxyl groups is 2. The zero-order valence-corrected chi connectivity index (χ0v) is 10.5. The SMILES string of the molecule is COCc1cn([C@H]2CC(O)[C@@H](CO)O2)c(=O)nc1N.